The minimum absolute atomic E-state index is 0.0992. The van der Waals surface area contributed by atoms with E-state index in [9.17, 15) is 4.79 Å². The molecule has 1 aromatic rings. The van der Waals surface area contributed by atoms with Crippen molar-refractivity contribution in [2.45, 2.75) is 44.6 Å². The fourth-order valence-electron chi connectivity index (χ4n) is 4.36. The molecule has 1 aromatic carbocycles. The van der Waals surface area contributed by atoms with E-state index in [0.29, 0.717) is 6.42 Å². The van der Waals surface area contributed by atoms with Gasteiger partial charge in [0.15, 0.2) is 0 Å². The van der Waals surface area contributed by atoms with Crippen LogP contribution in [-0.4, -0.2) is 74.2 Å². The molecule has 3 rings (SSSR count). The third-order valence-corrected chi connectivity index (χ3v) is 6.33. The van der Waals surface area contributed by atoms with Crippen LogP contribution >= 0.6 is 0 Å². The zero-order chi connectivity index (χ0) is 19.1. The summed E-state index contributed by atoms with van der Waals surface area (Å²) in [7, 11) is 2.19. The molecule has 5 heteroatoms. The lowest BCUT2D eigenvalue weighted by molar-refractivity contribution is -0.122. The normalized spacial score (nSPS) is 21.1. The van der Waals surface area contributed by atoms with Gasteiger partial charge in [0.2, 0.25) is 5.91 Å². The molecule has 0 aliphatic carbocycles. The molecule has 27 heavy (non-hydrogen) atoms. The van der Waals surface area contributed by atoms with Gasteiger partial charge in [0, 0.05) is 31.6 Å². The average molecular weight is 374 g/mol. The van der Waals surface area contributed by atoms with Crippen LogP contribution in [0.1, 0.15) is 36.8 Å². The van der Waals surface area contributed by atoms with Crippen molar-refractivity contribution in [1.29, 1.82) is 0 Å². The maximum atomic E-state index is 12.5. The van der Waals surface area contributed by atoms with Gasteiger partial charge in [-0.3, -0.25) is 9.69 Å². The number of carbonyl (C=O) groups is 1. The highest BCUT2D eigenvalue weighted by Crippen LogP contribution is 2.29. The highest BCUT2D eigenvalue weighted by Gasteiger charge is 2.39. The van der Waals surface area contributed by atoms with Crippen LogP contribution in [0, 0.1) is 6.92 Å². The molecule has 0 atom stereocenters. The molecule has 0 saturated carbocycles. The minimum atomic E-state index is 0.0992. The van der Waals surface area contributed by atoms with Crippen molar-refractivity contribution in [3.63, 3.8) is 0 Å². The molecule has 0 radical (unpaired) electrons. The Hall–Kier alpha value is -1.43. The topological polar surface area (TPSA) is 44.8 Å². The van der Waals surface area contributed by atoms with Crippen molar-refractivity contribution >= 4 is 5.91 Å². The number of piperidine rings is 1. The van der Waals surface area contributed by atoms with E-state index in [1.807, 2.05) is 0 Å². The van der Waals surface area contributed by atoms with E-state index in [-0.39, 0.29) is 11.4 Å². The van der Waals surface area contributed by atoms with Gasteiger partial charge in [-0.15, -0.1) is 0 Å². The van der Waals surface area contributed by atoms with Gasteiger partial charge in [0.1, 0.15) is 0 Å². The molecular formula is C22H35N3O2. The third kappa shape index (κ3) is 5.53. The predicted octanol–water partition coefficient (Wildman–Crippen LogP) is 2.23. The summed E-state index contributed by atoms with van der Waals surface area (Å²) < 4.78 is 5.55. The van der Waals surface area contributed by atoms with Crippen LogP contribution in [-0.2, 0) is 16.0 Å². The number of hydrogen-bond donors (Lipinski definition) is 1. The van der Waals surface area contributed by atoms with Crippen molar-refractivity contribution < 1.29 is 9.53 Å². The molecule has 0 spiro atoms. The van der Waals surface area contributed by atoms with Crippen molar-refractivity contribution in [1.82, 2.24) is 15.1 Å². The largest absolute Gasteiger partial charge is 0.379 e. The quantitative estimate of drug-likeness (QED) is 0.796. The zero-order valence-corrected chi connectivity index (χ0v) is 17.0. The fourth-order valence-corrected chi connectivity index (χ4v) is 4.36. The van der Waals surface area contributed by atoms with Crippen LogP contribution < -0.4 is 5.32 Å². The van der Waals surface area contributed by atoms with E-state index in [1.54, 1.807) is 0 Å². The molecule has 0 unspecified atom stereocenters. The Bertz CT molecular complexity index is 605. The third-order valence-electron chi connectivity index (χ3n) is 6.33. The summed E-state index contributed by atoms with van der Waals surface area (Å²) in [5.74, 6) is 0.190. The van der Waals surface area contributed by atoms with Crippen LogP contribution in [0.25, 0.3) is 0 Å². The van der Waals surface area contributed by atoms with Gasteiger partial charge in [-0.1, -0.05) is 24.3 Å². The van der Waals surface area contributed by atoms with E-state index in [1.165, 1.54) is 11.1 Å². The molecule has 0 aromatic heterocycles. The van der Waals surface area contributed by atoms with E-state index in [0.717, 1.165) is 71.6 Å². The second-order valence-corrected chi connectivity index (χ2v) is 8.18. The minimum Gasteiger partial charge on any atom is -0.379 e. The van der Waals surface area contributed by atoms with Crippen LogP contribution in [0.4, 0.5) is 0 Å². The summed E-state index contributed by atoms with van der Waals surface area (Å²) in [6.07, 6.45) is 4.72. The number of amides is 1. The second kappa shape index (κ2) is 9.67. The van der Waals surface area contributed by atoms with Crippen LogP contribution in [0.3, 0.4) is 0 Å². The summed E-state index contributed by atoms with van der Waals surface area (Å²) in [4.78, 5) is 17.4. The molecule has 2 aliphatic heterocycles. The van der Waals surface area contributed by atoms with Crippen LogP contribution in [0.2, 0.25) is 0 Å². The van der Waals surface area contributed by atoms with Gasteiger partial charge in [-0.05, 0) is 63.9 Å². The maximum Gasteiger partial charge on any atom is 0.220 e. The highest BCUT2D eigenvalue weighted by atomic mass is 16.5. The van der Waals surface area contributed by atoms with Gasteiger partial charge in [0.05, 0.1) is 13.2 Å². The number of likely N-dealkylation sites (tertiary alicyclic amines) is 1. The lowest BCUT2D eigenvalue weighted by Gasteiger charge is -2.49. The number of aryl methyl sites for hydroxylation is 2. The monoisotopic (exact) mass is 373 g/mol. The molecule has 1 amide bonds. The van der Waals surface area contributed by atoms with E-state index < -0.39 is 0 Å². The highest BCUT2D eigenvalue weighted by molar-refractivity contribution is 5.76. The molecule has 2 heterocycles. The molecule has 1 N–H and O–H groups in total. The fraction of sp³-hybridized carbons (Fsp3) is 0.682. The Balaban J connectivity index is 1.49. The van der Waals surface area contributed by atoms with Crippen molar-refractivity contribution in [3.8, 4) is 0 Å². The van der Waals surface area contributed by atoms with Gasteiger partial charge in [-0.25, -0.2) is 0 Å². The van der Waals surface area contributed by atoms with Crippen molar-refractivity contribution in [3.05, 3.63) is 35.4 Å². The predicted molar refractivity (Wildman–Crippen MR) is 109 cm³/mol. The summed E-state index contributed by atoms with van der Waals surface area (Å²) in [5, 5.41) is 3.27. The van der Waals surface area contributed by atoms with Gasteiger partial charge >= 0.3 is 0 Å². The number of nitrogens with zero attached hydrogens (tertiary/aromatic N) is 2. The molecule has 0 bridgehead atoms. The second-order valence-electron chi connectivity index (χ2n) is 8.18. The SMILES string of the molecule is Cc1ccccc1CCCC(=O)NCC1(N2CCOCC2)CCN(C)CC1. The number of nitrogens with one attached hydrogen (secondary N) is 1. The molecule has 150 valence electrons. The first kappa shape index (κ1) is 20.3. The lowest BCUT2D eigenvalue weighted by atomic mass is 9.85. The number of benzene rings is 1. The van der Waals surface area contributed by atoms with Gasteiger partial charge in [-0.2, -0.15) is 0 Å². The molecule has 5 nitrogen and oxygen atoms in total. The van der Waals surface area contributed by atoms with Gasteiger partial charge < -0.3 is 15.0 Å². The first-order valence-electron chi connectivity index (χ1n) is 10.4. The van der Waals surface area contributed by atoms with Crippen molar-refractivity contribution in [2.24, 2.45) is 0 Å². The van der Waals surface area contributed by atoms with Gasteiger partial charge in [0.25, 0.3) is 0 Å². The summed E-state index contributed by atoms with van der Waals surface area (Å²) >= 11 is 0. The molecule has 2 saturated heterocycles. The first-order chi connectivity index (χ1) is 13.1. The number of ether oxygens (including phenoxy) is 1. The Kier molecular flexibility index (Phi) is 7.27. The van der Waals surface area contributed by atoms with Crippen molar-refractivity contribution in [2.75, 3.05) is 53.0 Å². The maximum absolute atomic E-state index is 12.5. The Morgan fingerprint density at radius 2 is 1.85 bits per heavy atom. The Morgan fingerprint density at radius 3 is 2.56 bits per heavy atom. The molecule has 2 aliphatic rings. The van der Waals surface area contributed by atoms with Crippen LogP contribution in [0.5, 0.6) is 0 Å². The number of morpholine rings is 1. The number of carbonyl (C=O) groups excluding carboxylic acids is 1. The smallest absolute Gasteiger partial charge is 0.220 e. The molecule has 2 fully saturated rings. The average Bonchev–Trinajstić information content (AvgIpc) is 2.70. The summed E-state index contributed by atoms with van der Waals surface area (Å²) in [6, 6.07) is 8.45. The molecular weight excluding hydrogens is 338 g/mol. The summed E-state index contributed by atoms with van der Waals surface area (Å²) in [5.41, 5.74) is 2.77. The lowest BCUT2D eigenvalue weighted by Crippen LogP contribution is -2.62. The van der Waals surface area contributed by atoms with E-state index in [2.05, 4.69) is 53.4 Å². The number of hydrogen-bond acceptors (Lipinski definition) is 4. The first-order valence-corrected chi connectivity index (χ1v) is 10.4. The van der Waals surface area contributed by atoms with Crippen LogP contribution in [0.15, 0.2) is 24.3 Å². The standard InChI is InChI=1S/C22H35N3O2/c1-19-6-3-4-7-20(19)8-5-9-21(26)23-18-22(10-12-24(2)13-11-22)25-14-16-27-17-15-25/h3-4,6-7H,5,8-18H2,1-2H3,(H,23,26). The van der Waals surface area contributed by atoms with E-state index in [4.69, 9.17) is 4.74 Å². The Labute approximate surface area is 164 Å². The Morgan fingerprint density at radius 1 is 1.15 bits per heavy atom. The summed E-state index contributed by atoms with van der Waals surface area (Å²) in [6.45, 7) is 8.68. The van der Waals surface area contributed by atoms with E-state index >= 15 is 0 Å². The zero-order valence-electron chi connectivity index (χ0n) is 17.0. The number of rotatable bonds is 7.